The van der Waals surface area contributed by atoms with Gasteiger partial charge in [0.15, 0.2) is 11.7 Å². The first-order chi connectivity index (χ1) is 10.2. The Bertz CT molecular complexity index is 615. The van der Waals surface area contributed by atoms with E-state index in [4.69, 9.17) is 14.0 Å². The molecule has 7 heteroatoms. The first-order valence-electron chi connectivity index (χ1n) is 6.39. The zero-order valence-electron chi connectivity index (χ0n) is 11.7. The van der Waals surface area contributed by atoms with Gasteiger partial charge in [-0.1, -0.05) is 33.2 Å². The van der Waals surface area contributed by atoms with Gasteiger partial charge in [0.25, 0.3) is 0 Å². The maximum absolute atomic E-state index is 12.2. The van der Waals surface area contributed by atoms with Crippen molar-refractivity contribution < 1.29 is 18.8 Å². The summed E-state index contributed by atoms with van der Waals surface area (Å²) in [5.74, 6) is -0.598. The van der Waals surface area contributed by atoms with E-state index >= 15 is 0 Å². The van der Waals surface area contributed by atoms with Crippen LogP contribution in [-0.2, 0) is 20.9 Å². The molecule has 0 fully saturated rings. The van der Waals surface area contributed by atoms with E-state index in [9.17, 15) is 4.79 Å². The zero-order chi connectivity index (χ0) is 15.2. The predicted octanol–water partition coefficient (Wildman–Crippen LogP) is 2.67. The number of rotatable bonds is 6. The fraction of sp³-hybridized carbons (Fsp3) is 0.357. The number of carbonyl (C=O) groups excluding carboxylic acids is 1. The number of methoxy groups -OCH3 is 1. The Hall–Kier alpha value is -1.73. The van der Waals surface area contributed by atoms with Crippen LogP contribution in [-0.4, -0.2) is 29.8 Å². The Kier molecular flexibility index (Phi) is 5.46. The highest BCUT2D eigenvalue weighted by molar-refractivity contribution is 9.10. The van der Waals surface area contributed by atoms with Crippen molar-refractivity contribution in [3.63, 3.8) is 0 Å². The molecule has 0 saturated heterocycles. The van der Waals surface area contributed by atoms with Gasteiger partial charge in [-0.15, -0.1) is 0 Å². The minimum Gasteiger partial charge on any atom is -0.465 e. The average Bonchev–Trinajstić information content (AvgIpc) is 2.88. The van der Waals surface area contributed by atoms with Crippen LogP contribution in [0.2, 0.25) is 0 Å². The molecule has 0 saturated carbocycles. The first-order valence-corrected chi connectivity index (χ1v) is 7.18. The van der Waals surface area contributed by atoms with Gasteiger partial charge in [0.1, 0.15) is 6.61 Å². The Morgan fingerprint density at radius 1 is 1.48 bits per heavy atom. The Balaban J connectivity index is 2.37. The molecule has 0 N–H and O–H groups in total. The molecule has 2 rings (SSSR count). The third-order valence-corrected chi connectivity index (χ3v) is 3.20. The van der Waals surface area contributed by atoms with Crippen LogP contribution in [0.15, 0.2) is 33.3 Å². The largest absolute Gasteiger partial charge is 0.465 e. The second kappa shape index (κ2) is 7.33. The van der Waals surface area contributed by atoms with E-state index in [0.717, 1.165) is 10.0 Å². The molecule has 1 aromatic carbocycles. The second-order valence-electron chi connectivity index (χ2n) is 4.22. The minimum absolute atomic E-state index is 0.193. The van der Waals surface area contributed by atoms with E-state index < -0.39 is 11.9 Å². The highest BCUT2D eigenvalue weighted by atomic mass is 79.9. The summed E-state index contributed by atoms with van der Waals surface area (Å²) in [4.78, 5) is 16.4. The minimum atomic E-state index is -0.749. The van der Waals surface area contributed by atoms with Gasteiger partial charge in [0, 0.05) is 11.6 Å². The predicted molar refractivity (Wildman–Crippen MR) is 77.6 cm³/mol. The number of esters is 1. The van der Waals surface area contributed by atoms with Gasteiger partial charge < -0.3 is 14.0 Å². The van der Waals surface area contributed by atoms with Crippen LogP contribution in [0.4, 0.5) is 0 Å². The van der Waals surface area contributed by atoms with Crippen LogP contribution in [0.5, 0.6) is 0 Å². The lowest BCUT2D eigenvalue weighted by atomic mass is 9.99. The Labute approximate surface area is 130 Å². The van der Waals surface area contributed by atoms with Gasteiger partial charge in [-0.25, -0.2) is 0 Å². The molecular weight excluding hydrogens is 340 g/mol. The van der Waals surface area contributed by atoms with Crippen molar-refractivity contribution in [3.8, 4) is 0 Å². The first kappa shape index (κ1) is 15.7. The number of aromatic nitrogens is 2. The summed E-state index contributed by atoms with van der Waals surface area (Å²) >= 11 is 3.38. The van der Waals surface area contributed by atoms with Crippen LogP contribution < -0.4 is 0 Å². The van der Waals surface area contributed by atoms with E-state index in [1.807, 2.05) is 24.3 Å². The summed E-state index contributed by atoms with van der Waals surface area (Å²) in [6, 6.07) is 7.34. The molecule has 1 heterocycles. The number of hydrogen-bond acceptors (Lipinski definition) is 6. The Morgan fingerprint density at radius 2 is 2.29 bits per heavy atom. The normalized spacial score (nSPS) is 12.1. The van der Waals surface area contributed by atoms with Gasteiger partial charge in [0.05, 0.1) is 6.61 Å². The van der Waals surface area contributed by atoms with E-state index in [-0.39, 0.29) is 19.1 Å². The highest BCUT2D eigenvalue weighted by Gasteiger charge is 2.30. The molecular formula is C14H15BrN2O4. The third kappa shape index (κ3) is 3.89. The number of ether oxygens (including phenoxy) is 2. The summed E-state index contributed by atoms with van der Waals surface area (Å²) in [5, 5.41) is 3.79. The number of carbonyl (C=O) groups is 1. The van der Waals surface area contributed by atoms with Crippen molar-refractivity contribution in [2.24, 2.45) is 0 Å². The molecule has 0 radical (unpaired) electrons. The van der Waals surface area contributed by atoms with Crippen molar-refractivity contribution in [2.45, 2.75) is 19.4 Å². The zero-order valence-corrected chi connectivity index (χ0v) is 13.3. The van der Waals surface area contributed by atoms with Crippen molar-refractivity contribution in [1.29, 1.82) is 0 Å². The maximum Gasteiger partial charge on any atom is 0.323 e. The fourth-order valence-corrected chi connectivity index (χ4v) is 2.28. The molecule has 112 valence electrons. The molecule has 1 aromatic heterocycles. The van der Waals surface area contributed by atoms with Gasteiger partial charge in [-0.3, -0.25) is 4.79 Å². The van der Waals surface area contributed by atoms with Crippen molar-refractivity contribution in [2.75, 3.05) is 13.7 Å². The summed E-state index contributed by atoms with van der Waals surface area (Å²) in [7, 11) is 1.53. The molecule has 0 aliphatic heterocycles. The molecule has 21 heavy (non-hydrogen) atoms. The summed E-state index contributed by atoms with van der Waals surface area (Å²) in [6.45, 7) is 2.25. The Morgan fingerprint density at radius 3 is 2.95 bits per heavy atom. The van der Waals surface area contributed by atoms with Crippen molar-refractivity contribution in [3.05, 3.63) is 46.0 Å². The second-order valence-corrected chi connectivity index (χ2v) is 5.14. The molecule has 2 aromatic rings. The van der Waals surface area contributed by atoms with Crippen LogP contribution in [0.1, 0.15) is 30.1 Å². The summed E-state index contributed by atoms with van der Waals surface area (Å²) in [5.41, 5.74) is 0.718. The summed E-state index contributed by atoms with van der Waals surface area (Å²) < 4.78 is 16.1. The molecule has 0 bridgehead atoms. The number of nitrogens with zero attached hydrogens (tertiary/aromatic N) is 2. The SMILES string of the molecule is CCOC(=O)C(c1cccc(Br)c1)c1nc(COC)no1. The van der Waals surface area contributed by atoms with E-state index in [2.05, 4.69) is 26.1 Å². The maximum atomic E-state index is 12.2. The average molecular weight is 355 g/mol. The molecule has 0 amide bonds. The topological polar surface area (TPSA) is 74.5 Å². The fourth-order valence-electron chi connectivity index (χ4n) is 1.86. The monoisotopic (exact) mass is 354 g/mol. The number of hydrogen-bond donors (Lipinski definition) is 0. The number of benzene rings is 1. The van der Waals surface area contributed by atoms with Crippen molar-refractivity contribution >= 4 is 21.9 Å². The van der Waals surface area contributed by atoms with Crippen LogP contribution >= 0.6 is 15.9 Å². The van der Waals surface area contributed by atoms with E-state index in [1.165, 1.54) is 7.11 Å². The molecule has 0 aliphatic rings. The molecule has 0 aliphatic carbocycles. The van der Waals surface area contributed by atoms with Gasteiger partial charge in [0.2, 0.25) is 5.89 Å². The lowest BCUT2D eigenvalue weighted by Crippen LogP contribution is -2.17. The smallest absolute Gasteiger partial charge is 0.323 e. The number of halogens is 1. The van der Waals surface area contributed by atoms with Gasteiger partial charge in [-0.05, 0) is 24.6 Å². The van der Waals surface area contributed by atoms with Crippen LogP contribution in [0.3, 0.4) is 0 Å². The lowest BCUT2D eigenvalue weighted by molar-refractivity contribution is -0.144. The molecule has 1 unspecified atom stereocenters. The van der Waals surface area contributed by atoms with Crippen molar-refractivity contribution in [1.82, 2.24) is 10.1 Å². The molecule has 1 atom stereocenters. The van der Waals surface area contributed by atoms with Gasteiger partial charge >= 0.3 is 5.97 Å². The molecule has 6 nitrogen and oxygen atoms in total. The van der Waals surface area contributed by atoms with E-state index in [0.29, 0.717) is 5.82 Å². The summed E-state index contributed by atoms with van der Waals surface area (Å²) in [6.07, 6.45) is 0. The van der Waals surface area contributed by atoms with E-state index in [1.54, 1.807) is 6.92 Å². The quantitative estimate of drug-likeness (QED) is 0.742. The lowest BCUT2D eigenvalue weighted by Gasteiger charge is -2.12. The standard InChI is InChI=1S/C14H15BrN2O4/c1-3-20-14(18)12(9-5-4-6-10(15)7-9)13-16-11(8-19-2)17-21-13/h4-7,12H,3,8H2,1-2H3. The van der Waals surface area contributed by atoms with Crippen LogP contribution in [0.25, 0.3) is 0 Å². The van der Waals surface area contributed by atoms with Gasteiger partial charge in [-0.2, -0.15) is 4.98 Å². The highest BCUT2D eigenvalue weighted by Crippen LogP contribution is 2.27. The van der Waals surface area contributed by atoms with Crippen LogP contribution in [0, 0.1) is 0 Å². The molecule has 0 spiro atoms. The third-order valence-electron chi connectivity index (χ3n) is 2.71.